The van der Waals surface area contributed by atoms with Crippen LogP contribution in [0.4, 0.5) is 0 Å². The first kappa shape index (κ1) is 20.2. The van der Waals surface area contributed by atoms with Gasteiger partial charge in [-0.05, 0) is 23.3 Å². The zero-order chi connectivity index (χ0) is 21.8. The molecule has 31 heavy (non-hydrogen) atoms. The van der Waals surface area contributed by atoms with Crippen LogP contribution in [0.2, 0.25) is 0 Å². The Balaban J connectivity index is 1.51. The maximum absolute atomic E-state index is 12.9. The standard InChI is InChI=1S/C23H23N5O3/c24-22(30)20(9-14-11-25-18-7-3-1-5-16(14)18)28-23(31)21(27-13-29)10-15-12-26-19-8-4-2-6-17(15)19/h1-8,11-13,20-21,25-26H,9-10H2,(H2,24,30)(H,27,29)(H,28,31). The molecule has 6 N–H and O–H groups in total. The highest BCUT2D eigenvalue weighted by molar-refractivity contribution is 5.92. The van der Waals surface area contributed by atoms with Crippen LogP contribution >= 0.6 is 0 Å². The molecule has 8 heteroatoms. The molecular formula is C23H23N5O3. The lowest BCUT2D eigenvalue weighted by Crippen LogP contribution is -2.53. The van der Waals surface area contributed by atoms with E-state index in [4.69, 9.17) is 5.73 Å². The lowest BCUT2D eigenvalue weighted by molar-refractivity contribution is -0.129. The van der Waals surface area contributed by atoms with Gasteiger partial charge in [0.05, 0.1) is 0 Å². The van der Waals surface area contributed by atoms with Crippen LogP contribution in [0.25, 0.3) is 21.8 Å². The number of hydrogen-bond donors (Lipinski definition) is 5. The first-order valence-electron chi connectivity index (χ1n) is 9.96. The predicted molar refractivity (Wildman–Crippen MR) is 118 cm³/mol. The van der Waals surface area contributed by atoms with Crippen LogP contribution in [0.5, 0.6) is 0 Å². The molecule has 2 aromatic heterocycles. The summed E-state index contributed by atoms with van der Waals surface area (Å²) in [6.07, 6.45) is 4.62. The quantitative estimate of drug-likeness (QED) is 0.264. The van der Waals surface area contributed by atoms with Crippen LogP contribution in [0, 0.1) is 0 Å². The van der Waals surface area contributed by atoms with Crippen LogP contribution in [0.3, 0.4) is 0 Å². The second-order valence-corrected chi connectivity index (χ2v) is 7.43. The molecule has 3 amide bonds. The number of nitrogens with one attached hydrogen (secondary N) is 4. The van der Waals surface area contributed by atoms with E-state index in [2.05, 4.69) is 20.6 Å². The predicted octanol–water partition coefficient (Wildman–Crippen LogP) is 1.52. The Kier molecular flexibility index (Phi) is 5.70. The zero-order valence-electron chi connectivity index (χ0n) is 16.7. The van der Waals surface area contributed by atoms with Crippen molar-refractivity contribution in [3.8, 4) is 0 Å². The highest BCUT2D eigenvalue weighted by atomic mass is 16.2. The number of fused-ring (bicyclic) bond motifs is 2. The maximum atomic E-state index is 12.9. The first-order chi connectivity index (χ1) is 15.1. The number of nitrogens with two attached hydrogens (primary N) is 1. The summed E-state index contributed by atoms with van der Waals surface area (Å²) in [7, 11) is 0. The Morgan fingerprint density at radius 2 is 1.39 bits per heavy atom. The molecule has 0 aliphatic heterocycles. The van der Waals surface area contributed by atoms with Crippen molar-refractivity contribution in [2.45, 2.75) is 24.9 Å². The highest BCUT2D eigenvalue weighted by Crippen LogP contribution is 2.20. The summed E-state index contributed by atoms with van der Waals surface area (Å²) < 4.78 is 0. The van der Waals surface area contributed by atoms with Gasteiger partial charge >= 0.3 is 0 Å². The number of rotatable bonds is 9. The molecule has 0 bridgehead atoms. The minimum Gasteiger partial charge on any atom is -0.368 e. The molecule has 4 aromatic rings. The Morgan fingerprint density at radius 3 is 1.90 bits per heavy atom. The van der Waals surface area contributed by atoms with Gasteiger partial charge in [-0.25, -0.2) is 0 Å². The summed E-state index contributed by atoms with van der Waals surface area (Å²) in [5, 5.41) is 7.19. The number of amides is 3. The summed E-state index contributed by atoms with van der Waals surface area (Å²) in [5.41, 5.74) is 9.21. The molecule has 2 aromatic carbocycles. The van der Waals surface area contributed by atoms with Gasteiger partial charge in [0.25, 0.3) is 0 Å². The SMILES string of the molecule is NC(=O)C(Cc1c[nH]c2ccccc12)NC(=O)C(Cc1c[nH]c2ccccc12)NC=O. The van der Waals surface area contributed by atoms with Crippen molar-refractivity contribution in [3.05, 3.63) is 72.1 Å². The maximum Gasteiger partial charge on any atom is 0.243 e. The van der Waals surface area contributed by atoms with Crippen molar-refractivity contribution >= 4 is 40.0 Å². The Morgan fingerprint density at radius 1 is 0.871 bits per heavy atom. The lowest BCUT2D eigenvalue weighted by Gasteiger charge is -2.20. The molecule has 0 spiro atoms. The summed E-state index contributed by atoms with van der Waals surface area (Å²) in [4.78, 5) is 42.5. The minimum atomic E-state index is -0.911. The number of carbonyl (C=O) groups is 3. The molecular weight excluding hydrogens is 394 g/mol. The molecule has 0 aliphatic rings. The number of aromatic amines is 2. The van der Waals surface area contributed by atoms with Crippen LogP contribution in [-0.4, -0.2) is 40.3 Å². The van der Waals surface area contributed by atoms with E-state index < -0.39 is 23.9 Å². The smallest absolute Gasteiger partial charge is 0.243 e. The number of primary amides is 1. The van der Waals surface area contributed by atoms with Gasteiger partial charge in [-0.1, -0.05) is 36.4 Å². The summed E-state index contributed by atoms with van der Waals surface area (Å²) in [6.45, 7) is 0. The van der Waals surface area contributed by atoms with Gasteiger partial charge in [0.2, 0.25) is 18.2 Å². The van der Waals surface area contributed by atoms with E-state index in [1.54, 1.807) is 6.20 Å². The molecule has 158 valence electrons. The van der Waals surface area contributed by atoms with Crippen LogP contribution in [0.1, 0.15) is 11.1 Å². The molecule has 0 saturated heterocycles. The lowest BCUT2D eigenvalue weighted by atomic mass is 10.0. The number of aromatic nitrogens is 2. The number of H-pyrrole nitrogens is 2. The van der Waals surface area contributed by atoms with Gasteiger partial charge in [0.1, 0.15) is 12.1 Å². The van der Waals surface area contributed by atoms with Gasteiger partial charge in [0, 0.05) is 47.0 Å². The van der Waals surface area contributed by atoms with Gasteiger partial charge in [-0.2, -0.15) is 0 Å². The van der Waals surface area contributed by atoms with E-state index in [0.717, 1.165) is 32.9 Å². The Bertz CT molecular complexity index is 1240. The number of benzene rings is 2. The van der Waals surface area contributed by atoms with E-state index in [1.165, 1.54) is 0 Å². The molecule has 0 saturated carbocycles. The molecule has 2 heterocycles. The van der Waals surface area contributed by atoms with Gasteiger partial charge in [0.15, 0.2) is 0 Å². The van der Waals surface area contributed by atoms with E-state index in [0.29, 0.717) is 6.41 Å². The van der Waals surface area contributed by atoms with Crippen molar-refractivity contribution in [2.24, 2.45) is 5.73 Å². The average molecular weight is 417 g/mol. The third-order valence-electron chi connectivity index (χ3n) is 5.44. The van der Waals surface area contributed by atoms with Crippen molar-refractivity contribution in [1.29, 1.82) is 0 Å². The fourth-order valence-electron chi connectivity index (χ4n) is 3.85. The number of hydrogen-bond acceptors (Lipinski definition) is 3. The normalized spacial score (nSPS) is 13.0. The zero-order valence-corrected chi connectivity index (χ0v) is 16.7. The molecule has 4 rings (SSSR count). The monoisotopic (exact) mass is 417 g/mol. The second kappa shape index (κ2) is 8.74. The second-order valence-electron chi connectivity index (χ2n) is 7.43. The Labute approximate surface area is 178 Å². The third-order valence-corrected chi connectivity index (χ3v) is 5.44. The van der Waals surface area contributed by atoms with Crippen LogP contribution in [-0.2, 0) is 27.2 Å². The molecule has 8 nitrogen and oxygen atoms in total. The third kappa shape index (κ3) is 4.28. The fraction of sp³-hybridized carbons (Fsp3) is 0.174. The number of carbonyl (C=O) groups excluding carboxylic acids is 3. The van der Waals surface area contributed by atoms with Gasteiger partial charge in [-0.15, -0.1) is 0 Å². The van der Waals surface area contributed by atoms with Gasteiger partial charge in [-0.3, -0.25) is 14.4 Å². The van der Waals surface area contributed by atoms with Crippen molar-refractivity contribution < 1.29 is 14.4 Å². The van der Waals surface area contributed by atoms with E-state index in [1.807, 2.05) is 54.7 Å². The van der Waals surface area contributed by atoms with Crippen LogP contribution in [0.15, 0.2) is 60.9 Å². The van der Waals surface area contributed by atoms with Gasteiger partial charge < -0.3 is 26.3 Å². The van der Waals surface area contributed by atoms with Crippen molar-refractivity contribution in [3.63, 3.8) is 0 Å². The first-order valence-corrected chi connectivity index (χ1v) is 9.96. The van der Waals surface area contributed by atoms with Crippen molar-refractivity contribution in [2.75, 3.05) is 0 Å². The van der Waals surface area contributed by atoms with E-state index >= 15 is 0 Å². The molecule has 2 atom stereocenters. The summed E-state index contributed by atoms with van der Waals surface area (Å²) in [5.74, 6) is -1.11. The highest BCUT2D eigenvalue weighted by Gasteiger charge is 2.26. The summed E-state index contributed by atoms with van der Waals surface area (Å²) >= 11 is 0. The van der Waals surface area contributed by atoms with E-state index in [-0.39, 0.29) is 12.8 Å². The Hall–Kier alpha value is -4.07. The minimum absolute atomic E-state index is 0.242. The molecule has 0 radical (unpaired) electrons. The fourth-order valence-corrected chi connectivity index (χ4v) is 3.85. The largest absolute Gasteiger partial charge is 0.368 e. The average Bonchev–Trinajstić information content (AvgIpc) is 3.37. The molecule has 0 fully saturated rings. The molecule has 2 unspecified atom stereocenters. The summed E-state index contributed by atoms with van der Waals surface area (Å²) in [6, 6.07) is 13.6. The topological polar surface area (TPSA) is 133 Å². The van der Waals surface area contributed by atoms with E-state index in [9.17, 15) is 14.4 Å². The van der Waals surface area contributed by atoms with Crippen molar-refractivity contribution in [1.82, 2.24) is 20.6 Å². The molecule has 0 aliphatic carbocycles. The van der Waals surface area contributed by atoms with Crippen LogP contribution < -0.4 is 16.4 Å². The number of para-hydroxylation sites is 2.